The summed E-state index contributed by atoms with van der Waals surface area (Å²) in [5, 5.41) is 3.55. The molecule has 1 aromatic heterocycles. The highest BCUT2D eigenvalue weighted by molar-refractivity contribution is 6.06. The fraction of sp³-hybridized carbons (Fsp3) is 0.292. The van der Waals surface area contributed by atoms with Crippen LogP contribution in [0.5, 0.6) is 5.75 Å². The van der Waals surface area contributed by atoms with E-state index in [0.717, 1.165) is 34.3 Å². The van der Waals surface area contributed by atoms with E-state index in [0.29, 0.717) is 25.1 Å². The van der Waals surface area contributed by atoms with Crippen LogP contribution in [-0.4, -0.2) is 48.9 Å². The molecule has 0 saturated carbocycles. The lowest BCUT2D eigenvalue weighted by Crippen LogP contribution is -2.30. The van der Waals surface area contributed by atoms with Crippen molar-refractivity contribution in [2.24, 2.45) is 0 Å². The molecule has 1 N–H and O–H groups in total. The first kappa shape index (κ1) is 19.9. The van der Waals surface area contributed by atoms with Gasteiger partial charge in [0.1, 0.15) is 5.75 Å². The molecular weight excluding hydrogens is 378 g/mol. The van der Waals surface area contributed by atoms with Crippen molar-refractivity contribution in [1.29, 1.82) is 0 Å². The fourth-order valence-corrected chi connectivity index (χ4v) is 3.99. The van der Waals surface area contributed by atoms with Crippen LogP contribution in [0.2, 0.25) is 0 Å². The van der Waals surface area contributed by atoms with Crippen molar-refractivity contribution in [1.82, 2.24) is 15.2 Å². The highest BCUT2D eigenvalue weighted by atomic mass is 16.5. The lowest BCUT2D eigenvalue weighted by molar-refractivity contribution is -0.129. The van der Waals surface area contributed by atoms with E-state index in [4.69, 9.17) is 9.72 Å². The summed E-state index contributed by atoms with van der Waals surface area (Å²) >= 11 is 0. The summed E-state index contributed by atoms with van der Waals surface area (Å²) in [6, 6.07) is 17.1. The van der Waals surface area contributed by atoms with Gasteiger partial charge in [0.05, 0.1) is 24.6 Å². The smallest absolute Gasteiger partial charge is 0.251 e. The van der Waals surface area contributed by atoms with E-state index in [-0.39, 0.29) is 17.7 Å². The summed E-state index contributed by atoms with van der Waals surface area (Å²) in [4.78, 5) is 31.9. The molecule has 1 atom stereocenters. The third kappa shape index (κ3) is 3.99. The number of methoxy groups -OCH3 is 1. The number of amides is 2. The number of rotatable bonds is 5. The van der Waals surface area contributed by atoms with Crippen LogP contribution in [0.25, 0.3) is 10.9 Å². The number of aromatic nitrogens is 1. The Morgan fingerprint density at radius 2 is 1.93 bits per heavy atom. The van der Waals surface area contributed by atoms with Crippen molar-refractivity contribution >= 4 is 22.7 Å². The number of fused-ring (bicyclic) bond motifs is 1. The lowest BCUT2D eigenvalue weighted by atomic mass is 9.99. The zero-order valence-electron chi connectivity index (χ0n) is 17.2. The second-order valence-electron chi connectivity index (χ2n) is 7.54. The number of hydrogen-bond acceptors (Lipinski definition) is 4. The molecule has 0 spiro atoms. The van der Waals surface area contributed by atoms with Crippen LogP contribution in [0.4, 0.5) is 0 Å². The number of carbonyl (C=O) groups is 2. The van der Waals surface area contributed by atoms with Gasteiger partial charge in [-0.3, -0.25) is 14.6 Å². The normalized spacial score (nSPS) is 15.9. The molecule has 1 aliphatic rings. The predicted octanol–water partition coefficient (Wildman–Crippen LogP) is 3.16. The number of nitrogens with zero attached hydrogens (tertiary/aromatic N) is 2. The minimum atomic E-state index is -0.125. The number of carbonyl (C=O) groups excluding carboxylic acids is 2. The van der Waals surface area contributed by atoms with Crippen molar-refractivity contribution in [3.8, 4) is 5.75 Å². The Kier molecular flexibility index (Phi) is 5.65. The summed E-state index contributed by atoms with van der Waals surface area (Å²) in [6.07, 6.45) is 1.21. The van der Waals surface area contributed by atoms with Crippen LogP contribution in [0, 0.1) is 0 Å². The summed E-state index contributed by atoms with van der Waals surface area (Å²) in [5.74, 6) is 0.884. The zero-order chi connectivity index (χ0) is 21.1. The molecular formula is C24H25N3O3. The van der Waals surface area contributed by atoms with Crippen LogP contribution >= 0.6 is 0 Å². The SMILES string of the molecule is CNC(=O)c1cc([C@H]2CCN(C(=O)Cc3ccc(OC)cc3)C2)nc2ccccc12. The van der Waals surface area contributed by atoms with E-state index in [9.17, 15) is 9.59 Å². The summed E-state index contributed by atoms with van der Waals surface area (Å²) in [6.45, 7) is 1.32. The Labute approximate surface area is 175 Å². The average Bonchev–Trinajstić information content (AvgIpc) is 3.29. The summed E-state index contributed by atoms with van der Waals surface area (Å²) in [5.41, 5.74) is 3.26. The van der Waals surface area contributed by atoms with E-state index >= 15 is 0 Å². The lowest BCUT2D eigenvalue weighted by Gasteiger charge is -2.17. The molecule has 1 aliphatic heterocycles. The van der Waals surface area contributed by atoms with E-state index in [1.807, 2.05) is 59.5 Å². The van der Waals surface area contributed by atoms with Gasteiger partial charge in [0.2, 0.25) is 5.91 Å². The maximum Gasteiger partial charge on any atom is 0.251 e. The van der Waals surface area contributed by atoms with Crippen LogP contribution in [0.3, 0.4) is 0 Å². The Bertz CT molecular complexity index is 1080. The van der Waals surface area contributed by atoms with Crippen molar-refractivity contribution in [3.63, 3.8) is 0 Å². The van der Waals surface area contributed by atoms with Gasteiger partial charge in [-0.2, -0.15) is 0 Å². The van der Waals surface area contributed by atoms with Crippen LogP contribution in [0.15, 0.2) is 54.6 Å². The molecule has 0 bridgehead atoms. The second kappa shape index (κ2) is 8.53. The largest absolute Gasteiger partial charge is 0.497 e. The minimum absolute atomic E-state index is 0.106. The third-order valence-corrected chi connectivity index (χ3v) is 5.68. The zero-order valence-corrected chi connectivity index (χ0v) is 17.2. The Hall–Kier alpha value is -3.41. The van der Waals surface area contributed by atoms with E-state index in [2.05, 4.69) is 5.32 Å². The molecule has 30 heavy (non-hydrogen) atoms. The Morgan fingerprint density at radius 1 is 1.17 bits per heavy atom. The standard InChI is InChI=1S/C24H25N3O3/c1-25-24(29)20-14-22(26-21-6-4-3-5-19(20)21)17-11-12-27(15-17)23(28)13-16-7-9-18(30-2)10-8-16/h3-10,14,17H,11-13,15H2,1-2H3,(H,25,29)/t17-/m0/s1. The average molecular weight is 403 g/mol. The molecule has 1 saturated heterocycles. The van der Waals surface area contributed by atoms with E-state index in [1.54, 1.807) is 14.2 Å². The Balaban J connectivity index is 1.51. The summed E-state index contributed by atoms with van der Waals surface area (Å²) < 4.78 is 5.17. The monoisotopic (exact) mass is 403 g/mol. The molecule has 0 unspecified atom stereocenters. The predicted molar refractivity (Wildman–Crippen MR) is 116 cm³/mol. The number of para-hydroxylation sites is 1. The first-order chi connectivity index (χ1) is 14.6. The fourth-order valence-electron chi connectivity index (χ4n) is 3.99. The second-order valence-corrected chi connectivity index (χ2v) is 7.54. The highest BCUT2D eigenvalue weighted by Gasteiger charge is 2.29. The maximum atomic E-state index is 12.8. The number of nitrogens with one attached hydrogen (secondary N) is 1. The van der Waals surface area contributed by atoms with Crippen LogP contribution in [0.1, 0.15) is 34.0 Å². The topological polar surface area (TPSA) is 71.5 Å². The number of ether oxygens (including phenoxy) is 1. The molecule has 6 nitrogen and oxygen atoms in total. The van der Waals surface area contributed by atoms with Crippen molar-refractivity contribution in [2.45, 2.75) is 18.8 Å². The molecule has 6 heteroatoms. The van der Waals surface area contributed by atoms with Gasteiger partial charge in [0.15, 0.2) is 0 Å². The van der Waals surface area contributed by atoms with Gasteiger partial charge in [0, 0.05) is 37.1 Å². The van der Waals surface area contributed by atoms with Gasteiger partial charge in [0.25, 0.3) is 5.91 Å². The van der Waals surface area contributed by atoms with Crippen LogP contribution in [-0.2, 0) is 11.2 Å². The van der Waals surface area contributed by atoms with Crippen molar-refractivity contribution in [3.05, 3.63) is 71.4 Å². The first-order valence-corrected chi connectivity index (χ1v) is 10.1. The van der Waals surface area contributed by atoms with Crippen molar-refractivity contribution < 1.29 is 14.3 Å². The molecule has 2 heterocycles. The van der Waals surface area contributed by atoms with Gasteiger partial charge in [-0.15, -0.1) is 0 Å². The van der Waals surface area contributed by atoms with Gasteiger partial charge in [-0.05, 0) is 36.2 Å². The van der Waals surface area contributed by atoms with Gasteiger partial charge in [-0.1, -0.05) is 30.3 Å². The molecule has 154 valence electrons. The van der Waals surface area contributed by atoms with Crippen LogP contribution < -0.4 is 10.1 Å². The Morgan fingerprint density at radius 3 is 2.67 bits per heavy atom. The molecule has 4 rings (SSSR count). The number of hydrogen-bond donors (Lipinski definition) is 1. The number of pyridine rings is 1. The third-order valence-electron chi connectivity index (χ3n) is 5.68. The molecule has 0 radical (unpaired) electrons. The molecule has 1 fully saturated rings. The maximum absolute atomic E-state index is 12.8. The minimum Gasteiger partial charge on any atom is -0.497 e. The first-order valence-electron chi connectivity index (χ1n) is 10.1. The quantitative estimate of drug-likeness (QED) is 0.710. The number of likely N-dealkylation sites (tertiary alicyclic amines) is 1. The van der Waals surface area contributed by atoms with Crippen molar-refractivity contribution in [2.75, 3.05) is 27.2 Å². The molecule has 2 amide bonds. The van der Waals surface area contributed by atoms with E-state index in [1.165, 1.54) is 0 Å². The molecule has 3 aromatic rings. The number of benzene rings is 2. The van der Waals surface area contributed by atoms with E-state index < -0.39 is 0 Å². The molecule has 2 aromatic carbocycles. The summed E-state index contributed by atoms with van der Waals surface area (Å²) in [7, 11) is 3.26. The molecule has 0 aliphatic carbocycles. The van der Waals surface area contributed by atoms with Gasteiger partial charge in [-0.25, -0.2) is 0 Å². The highest BCUT2D eigenvalue weighted by Crippen LogP contribution is 2.29. The van der Waals surface area contributed by atoms with Gasteiger partial charge < -0.3 is 15.0 Å². The van der Waals surface area contributed by atoms with Gasteiger partial charge >= 0.3 is 0 Å².